The van der Waals surface area contributed by atoms with Crippen LogP contribution in [-0.4, -0.2) is 57.3 Å². The topological polar surface area (TPSA) is 100 Å². The first-order chi connectivity index (χ1) is 22.6. The summed E-state index contributed by atoms with van der Waals surface area (Å²) in [6.07, 6.45) is 10.8. The molecule has 0 radical (unpaired) electrons. The number of benzene rings is 2. The van der Waals surface area contributed by atoms with Crippen molar-refractivity contribution in [3.05, 3.63) is 83.9 Å². The maximum absolute atomic E-state index is 13.1. The normalized spacial score (nSPS) is 13.5. The van der Waals surface area contributed by atoms with E-state index in [0.717, 1.165) is 38.7 Å². The van der Waals surface area contributed by atoms with Crippen molar-refractivity contribution >= 4 is 26.3 Å². The van der Waals surface area contributed by atoms with Gasteiger partial charge in [0.2, 0.25) is 0 Å². The van der Waals surface area contributed by atoms with Crippen LogP contribution in [0.1, 0.15) is 114 Å². The number of carbonyl (C=O) groups is 3. The van der Waals surface area contributed by atoms with Crippen molar-refractivity contribution in [3.63, 3.8) is 0 Å². The van der Waals surface area contributed by atoms with Gasteiger partial charge in [0.1, 0.15) is 24.4 Å². The lowest BCUT2D eigenvalue weighted by atomic mass is 10.1. The van der Waals surface area contributed by atoms with E-state index in [2.05, 4.69) is 39.2 Å². The summed E-state index contributed by atoms with van der Waals surface area (Å²) in [4.78, 5) is 38.7. The van der Waals surface area contributed by atoms with Crippen LogP contribution < -0.4 is 5.32 Å². The molecule has 0 aliphatic carbocycles. The molecule has 0 aliphatic rings. The number of hydrogen-bond donors (Lipinski definition) is 1. The first kappa shape index (κ1) is 40.7. The molecule has 0 bridgehead atoms. The summed E-state index contributed by atoms with van der Waals surface area (Å²) in [5.74, 6) is -1.10. The van der Waals surface area contributed by atoms with Gasteiger partial charge in [-0.25, -0.2) is 14.4 Å². The van der Waals surface area contributed by atoms with Crippen LogP contribution in [0.15, 0.2) is 72.8 Å². The summed E-state index contributed by atoms with van der Waals surface area (Å²) in [6.45, 7) is 17.3. The standard InChI is InChI=1S/C39H59NO7Si/c1-38(2,3)47-37(43)40-33(30-44-35(41)31-24-18-16-19-25-31)34(46-36(42)32-26-20-17-21-27-32)28-22-14-12-10-9-11-13-15-23-29-45-48(7,8)39(4,5)6/h16-22,24-28,33-34H,9-15,23,29-30H2,1-8H3,(H,40,43)/b28-22+/t33-,34+/m0/s1. The molecule has 0 saturated heterocycles. The third kappa shape index (κ3) is 16.1. The van der Waals surface area contributed by atoms with Crippen LogP contribution in [0.3, 0.4) is 0 Å². The van der Waals surface area contributed by atoms with Crippen LogP contribution in [0.5, 0.6) is 0 Å². The predicted molar refractivity (Wildman–Crippen MR) is 195 cm³/mol. The summed E-state index contributed by atoms with van der Waals surface area (Å²) >= 11 is 0. The van der Waals surface area contributed by atoms with Crippen LogP contribution in [-0.2, 0) is 18.6 Å². The molecular formula is C39H59NO7Si. The van der Waals surface area contributed by atoms with E-state index in [1.807, 2.05) is 12.1 Å². The first-order valence-electron chi connectivity index (χ1n) is 17.4. The molecule has 2 aromatic rings. The Morgan fingerprint density at radius 1 is 0.750 bits per heavy atom. The second-order valence-corrected chi connectivity index (χ2v) is 19.6. The van der Waals surface area contributed by atoms with E-state index in [0.29, 0.717) is 11.1 Å². The van der Waals surface area contributed by atoms with E-state index in [1.165, 1.54) is 19.3 Å². The van der Waals surface area contributed by atoms with Crippen LogP contribution in [0, 0.1) is 0 Å². The Hall–Kier alpha value is -3.43. The molecule has 1 amide bonds. The second kappa shape index (κ2) is 20.2. The van der Waals surface area contributed by atoms with Crippen LogP contribution in [0.25, 0.3) is 0 Å². The highest BCUT2D eigenvalue weighted by atomic mass is 28.4. The molecule has 2 atom stereocenters. The van der Waals surface area contributed by atoms with Gasteiger partial charge in [0, 0.05) is 6.61 Å². The van der Waals surface area contributed by atoms with E-state index >= 15 is 0 Å². The van der Waals surface area contributed by atoms with E-state index < -0.39 is 44.1 Å². The zero-order valence-corrected chi connectivity index (χ0v) is 31.5. The number of nitrogens with one attached hydrogen (secondary N) is 1. The van der Waals surface area contributed by atoms with Gasteiger partial charge in [0.05, 0.1) is 11.1 Å². The quantitative estimate of drug-likeness (QED) is 0.0518. The van der Waals surface area contributed by atoms with E-state index in [1.54, 1.807) is 81.4 Å². The fraction of sp³-hybridized carbons (Fsp3) is 0.564. The summed E-state index contributed by atoms with van der Waals surface area (Å²) in [6, 6.07) is 16.3. The SMILES string of the molecule is CC(C)(C)OC(=O)N[C@@H](COC(=O)c1ccccc1)[C@@H](/C=C/CCCCCCCCCO[Si](C)(C)C(C)(C)C)OC(=O)c1ccccc1. The van der Waals surface area contributed by atoms with Crippen molar-refractivity contribution in [2.24, 2.45) is 0 Å². The number of esters is 2. The highest BCUT2D eigenvalue weighted by molar-refractivity contribution is 6.74. The minimum Gasteiger partial charge on any atom is -0.460 e. The van der Waals surface area contributed by atoms with Gasteiger partial charge >= 0.3 is 18.0 Å². The Balaban J connectivity index is 1.98. The number of hydrogen-bond acceptors (Lipinski definition) is 7. The van der Waals surface area contributed by atoms with Gasteiger partial charge in [-0.05, 0) is 88.5 Å². The minimum absolute atomic E-state index is 0.231. The van der Waals surface area contributed by atoms with Crippen LogP contribution in [0.4, 0.5) is 4.79 Å². The maximum Gasteiger partial charge on any atom is 0.408 e. The highest BCUT2D eigenvalue weighted by Crippen LogP contribution is 2.36. The summed E-state index contributed by atoms with van der Waals surface area (Å²) in [5, 5.41) is 3.01. The van der Waals surface area contributed by atoms with Gasteiger partial charge in [-0.3, -0.25) is 0 Å². The number of rotatable bonds is 19. The van der Waals surface area contributed by atoms with Crippen LogP contribution in [0.2, 0.25) is 18.1 Å². The van der Waals surface area contributed by atoms with Gasteiger partial charge in [0.25, 0.3) is 0 Å². The minimum atomic E-state index is -1.67. The van der Waals surface area contributed by atoms with E-state index in [9.17, 15) is 14.4 Å². The van der Waals surface area contributed by atoms with Crippen molar-refractivity contribution < 1.29 is 33.0 Å². The molecule has 0 unspecified atom stereocenters. The molecule has 0 saturated carbocycles. The van der Waals surface area contributed by atoms with Gasteiger partial charge in [-0.1, -0.05) is 95.3 Å². The monoisotopic (exact) mass is 681 g/mol. The largest absolute Gasteiger partial charge is 0.460 e. The Bertz CT molecular complexity index is 1270. The number of amides is 1. The molecule has 48 heavy (non-hydrogen) atoms. The summed E-state index contributed by atoms with van der Waals surface area (Å²) in [7, 11) is -1.67. The van der Waals surface area contributed by atoms with E-state index in [-0.39, 0.29) is 11.6 Å². The molecule has 9 heteroatoms. The molecular weight excluding hydrogens is 623 g/mol. The molecule has 0 heterocycles. The van der Waals surface area contributed by atoms with Gasteiger partial charge in [0.15, 0.2) is 8.32 Å². The Labute approximate surface area is 290 Å². The predicted octanol–water partition coefficient (Wildman–Crippen LogP) is 9.66. The van der Waals surface area contributed by atoms with Crippen molar-refractivity contribution in [2.45, 2.75) is 129 Å². The Morgan fingerprint density at radius 2 is 1.27 bits per heavy atom. The van der Waals surface area contributed by atoms with Crippen molar-refractivity contribution in [1.82, 2.24) is 5.32 Å². The molecule has 0 spiro atoms. The van der Waals surface area contributed by atoms with Gasteiger partial charge in [-0.2, -0.15) is 0 Å². The molecule has 2 rings (SSSR count). The summed E-state index contributed by atoms with van der Waals surface area (Å²) < 4.78 is 23.3. The number of alkyl carbamates (subject to hydrolysis) is 1. The second-order valence-electron chi connectivity index (χ2n) is 14.8. The molecule has 1 N–H and O–H groups in total. The maximum atomic E-state index is 13.1. The Morgan fingerprint density at radius 3 is 1.81 bits per heavy atom. The molecule has 0 aromatic heterocycles. The van der Waals surface area contributed by atoms with Gasteiger partial charge in [-0.15, -0.1) is 0 Å². The van der Waals surface area contributed by atoms with E-state index in [4.69, 9.17) is 18.6 Å². The number of ether oxygens (including phenoxy) is 3. The van der Waals surface area contributed by atoms with Crippen molar-refractivity contribution in [2.75, 3.05) is 13.2 Å². The highest BCUT2D eigenvalue weighted by Gasteiger charge is 2.36. The van der Waals surface area contributed by atoms with Crippen molar-refractivity contribution in [1.29, 1.82) is 0 Å². The molecule has 0 aliphatic heterocycles. The lowest BCUT2D eigenvalue weighted by Crippen LogP contribution is -2.49. The lowest BCUT2D eigenvalue weighted by Gasteiger charge is -2.36. The molecule has 0 fully saturated rings. The van der Waals surface area contributed by atoms with Crippen molar-refractivity contribution in [3.8, 4) is 0 Å². The average molecular weight is 682 g/mol. The smallest absolute Gasteiger partial charge is 0.408 e. The third-order valence-corrected chi connectivity index (χ3v) is 12.9. The van der Waals surface area contributed by atoms with Gasteiger partial charge < -0.3 is 24.0 Å². The zero-order chi connectivity index (χ0) is 35.6. The molecule has 2 aromatic carbocycles. The van der Waals surface area contributed by atoms with Crippen LogP contribution >= 0.6 is 0 Å². The molecule has 266 valence electrons. The average Bonchev–Trinajstić information content (AvgIpc) is 3.02. The number of carbonyl (C=O) groups excluding carboxylic acids is 3. The fourth-order valence-electron chi connectivity index (χ4n) is 4.54. The molecule has 8 nitrogen and oxygen atoms in total. The lowest BCUT2D eigenvalue weighted by molar-refractivity contribution is 0.0103. The number of unbranched alkanes of at least 4 members (excludes halogenated alkanes) is 7. The fourth-order valence-corrected chi connectivity index (χ4v) is 5.63. The number of allylic oxidation sites excluding steroid dienone is 1. The first-order valence-corrected chi connectivity index (χ1v) is 20.3. The summed E-state index contributed by atoms with van der Waals surface area (Å²) in [5.41, 5.74) is 0.000939. The zero-order valence-electron chi connectivity index (χ0n) is 30.5. The Kier molecular flexibility index (Phi) is 17.1. The third-order valence-electron chi connectivity index (χ3n) is 8.36.